The number of nitrogens with zero attached hydrogens (tertiary/aromatic N) is 3. The number of carbonyl (C=O) groups excluding carboxylic acids is 1. The van der Waals surface area contributed by atoms with Gasteiger partial charge in [0.25, 0.3) is 0 Å². The van der Waals surface area contributed by atoms with E-state index in [2.05, 4.69) is 33.1 Å². The van der Waals surface area contributed by atoms with Gasteiger partial charge >= 0.3 is 5.97 Å². The molecule has 0 spiro atoms. The second-order valence-electron chi connectivity index (χ2n) is 5.36. The number of carbonyl (C=O) groups is 1. The molecule has 2 aromatic rings. The lowest BCUT2D eigenvalue weighted by Gasteiger charge is -2.14. The van der Waals surface area contributed by atoms with Crippen molar-refractivity contribution in [2.24, 2.45) is 0 Å². The number of aromatic nitrogens is 3. The van der Waals surface area contributed by atoms with Crippen LogP contribution in [0.4, 0.5) is 0 Å². The van der Waals surface area contributed by atoms with Gasteiger partial charge in [0.2, 0.25) is 0 Å². The van der Waals surface area contributed by atoms with Crippen molar-refractivity contribution in [2.75, 3.05) is 19.5 Å². The highest BCUT2D eigenvalue weighted by Gasteiger charge is 2.22. The molecule has 2 aromatic heterocycles. The Morgan fingerprint density at radius 2 is 2.43 bits per heavy atom. The van der Waals surface area contributed by atoms with Gasteiger partial charge in [-0.3, -0.25) is 9.36 Å². The van der Waals surface area contributed by atoms with Crippen LogP contribution in [0.2, 0.25) is 0 Å². The molecule has 1 saturated heterocycles. The fourth-order valence-electron chi connectivity index (χ4n) is 2.51. The Kier molecular flexibility index (Phi) is 5.34. The maximum atomic E-state index is 11.4. The first-order valence-corrected chi connectivity index (χ1v) is 9.34. The van der Waals surface area contributed by atoms with E-state index in [9.17, 15) is 4.79 Å². The SMILES string of the molecule is COC(=O)CSc1nnc(-c2csc(C)c2)n1C[C@H]1CCCO1. The molecule has 0 aromatic carbocycles. The van der Waals surface area contributed by atoms with Gasteiger partial charge in [0, 0.05) is 22.4 Å². The van der Waals surface area contributed by atoms with Gasteiger partial charge in [0.05, 0.1) is 25.5 Å². The van der Waals surface area contributed by atoms with Crippen molar-refractivity contribution in [1.29, 1.82) is 0 Å². The molecule has 6 nitrogen and oxygen atoms in total. The summed E-state index contributed by atoms with van der Waals surface area (Å²) in [6, 6.07) is 2.11. The predicted octanol–water partition coefficient (Wildman–Crippen LogP) is 2.76. The van der Waals surface area contributed by atoms with E-state index in [1.165, 1.54) is 23.7 Å². The van der Waals surface area contributed by atoms with E-state index < -0.39 is 0 Å². The van der Waals surface area contributed by atoms with Crippen molar-refractivity contribution < 1.29 is 14.3 Å². The smallest absolute Gasteiger partial charge is 0.316 e. The zero-order valence-corrected chi connectivity index (χ0v) is 14.8. The summed E-state index contributed by atoms with van der Waals surface area (Å²) in [5, 5.41) is 11.4. The van der Waals surface area contributed by atoms with Crippen LogP contribution in [0, 0.1) is 6.92 Å². The van der Waals surface area contributed by atoms with Crippen LogP contribution < -0.4 is 0 Å². The van der Waals surface area contributed by atoms with Gasteiger partial charge < -0.3 is 9.47 Å². The molecule has 0 radical (unpaired) electrons. The van der Waals surface area contributed by atoms with Gasteiger partial charge in [0.1, 0.15) is 0 Å². The second-order valence-corrected chi connectivity index (χ2v) is 7.42. The molecule has 8 heteroatoms. The van der Waals surface area contributed by atoms with Crippen LogP contribution in [-0.4, -0.2) is 46.3 Å². The van der Waals surface area contributed by atoms with Crippen molar-refractivity contribution in [3.63, 3.8) is 0 Å². The average Bonchev–Trinajstić information content (AvgIpc) is 3.27. The maximum absolute atomic E-state index is 11.4. The normalized spacial score (nSPS) is 17.6. The quantitative estimate of drug-likeness (QED) is 0.588. The molecule has 23 heavy (non-hydrogen) atoms. The van der Waals surface area contributed by atoms with E-state index in [1.54, 1.807) is 11.3 Å². The lowest BCUT2D eigenvalue weighted by molar-refractivity contribution is -0.137. The number of rotatable bonds is 6. The lowest BCUT2D eigenvalue weighted by Crippen LogP contribution is -2.17. The number of hydrogen-bond donors (Lipinski definition) is 0. The minimum absolute atomic E-state index is 0.182. The molecule has 0 amide bonds. The van der Waals surface area contributed by atoms with Crippen LogP contribution in [0.5, 0.6) is 0 Å². The van der Waals surface area contributed by atoms with Gasteiger partial charge in [-0.05, 0) is 25.8 Å². The van der Waals surface area contributed by atoms with Crippen LogP contribution in [0.25, 0.3) is 11.4 Å². The van der Waals surface area contributed by atoms with Crippen molar-refractivity contribution >= 4 is 29.1 Å². The van der Waals surface area contributed by atoms with Crippen molar-refractivity contribution in [2.45, 2.75) is 37.6 Å². The van der Waals surface area contributed by atoms with E-state index in [4.69, 9.17) is 9.47 Å². The van der Waals surface area contributed by atoms with Crippen LogP contribution in [0.1, 0.15) is 17.7 Å². The molecule has 124 valence electrons. The van der Waals surface area contributed by atoms with Gasteiger partial charge in [-0.15, -0.1) is 21.5 Å². The molecule has 0 unspecified atom stereocenters. The summed E-state index contributed by atoms with van der Waals surface area (Å²) in [6.07, 6.45) is 2.31. The number of ether oxygens (including phenoxy) is 2. The van der Waals surface area contributed by atoms with Crippen molar-refractivity contribution in [3.8, 4) is 11.4 Å². The van der Waals surface area contributed by atoms with E-state index in [1.807, 2.05) is 0 Å². The molecule has 0 N–H and O–H groups in total. The largest absolute Gasteiger partial charge is 0.468 e. The lowest BCUT2D eigenvalue weighted by atomic mass is 10.2. The standard InChI is InChI=1S/C15H19N3O3S2/c1-10-6-11(8-22-10)14-16-17-15(23-9-13(19)20-2)18(14)7-12-4-3-5-21-12/h6,8,12H,3-5,7,9H2,1-2H3/t12-/m1/s1. The number of thiophene rings is 1. The topological polar surface area (TPSA) is 66.2 Å². The van der Waals surface area contributed by atoms with Gasteiger partial charge in [0.15, 0.2) is 11.0 Å². The number of hydrogen-bond acceptors (Lipinski definition) is 7. The Bertz CT molecular complexity index is 677. The minimum Gasteiger partial charge on any atom is -0.468 e. The summed E-state index contributed by atoms with van der Waals surface area (Å²) in [5.74, 6) is 0.787. The third kappa shape index (κ3) is 3.94. The third-order valence-electron chi connectivity index (χ3n) is 3.66. The van der Waals surface area contributed by atoms with Gasteiger partial charge in [-0.2, -0.15) is 0 Å². The third-order valence-corrected chi connectivity index (χ3v) is 5.46. The molecule has 1 aliphatic rings. The molecule has 3 rings (SSSR count). The van der Waals surface area contributed by atoms with Crippen LogP contribution in [0.3, 0.4) is 0 Å². The first-order chi connectivity index (χ1) is 11.2. The van der Waals surface area contributed by atoms with E-state index in [-0.39, 0.29) is 17.8 Å². The summed E-state index contributed by atoms with van der Waals surface area (Å²) in [5.41, 5.74) is 1.06. The van der Waals surface area contributed by atoms with Crippen LogP contribution >= 0.6 is 23.1 Å². The highest BCUT2D eigenvalue weighted by atomic mass is 32.2. The first kappa shape index (κ1) is 16.5. The Labute approximate surface area is 143 Å². The average molecular weight is 353 g/mol. The number of aryl methyl sites for hydroxylation is 1. The van der Waals surface area contributed by atoms with Gasteiger partial charge in [-0.25, -0.2) is 0 Å². The van der Waals surface area contributed by atoms with Crippen molar-refractivity contribution in [1.82, 2.24) is 14.8 Å². The molecule has 1 atom stereocenters. The molecule has 0 saturated carbocycles. The number of methoxy groups -OCH3 is 1. The fourth-order valence-corrected chi connectivity index (χ4v) is 3.97. The second kappa shape index (κ2) is 7.46. The van der Waals surface area contributed by atoms with E-state index in [0.717, 1.165) is 36.0 Å². The molecule has 0 aliphatic carbocycles. The van der Waals surface area contributed by atoms with Crippen LogP contribution in [-0.2, 0) is 20.8 Å². The molecule has 1 aliphatic heterocycles. The zero-order chi connectivity index (χ0) is 16.2. The highest BCUT2D eigenvalue weighted by Crippen LogP contribution is 2.29. The van der Waals surface area contributed by atoms with Crippen molar-refractivity contribution in [3.05, 3.63) is 16.3 Å². The van der Waals surface area contributed by atoms with Crippen LogP contribution in [0.15, 0.2) is 16.6 Å². The Hall–Kier alpha value is -1.38. The van der Waals surface area contributed by atoms with E-state index in [0.29, 0.717) is 6.54 Å². The first-order valence-electron chi connectivity index (χ1n) is 7.47. The van der Waals surface area contributed by atoms with Gasteiger partial charge in [-0.1, -0.05) is 11.8 Å². The molecular formula is C15H19N3O3S2. The monoisotopic (exact) mass is 353 g/mol. The molecular weight excluding hydrogens is 334 g/mol. The maximum Gasteiger partial charge on any atom is 0.316 e. The fraction of sp³-hybridized carbons (Fsp3) is 0.533. The summed E-state index contributed by atoms with van der Waals surface area (Å²) in [4.78, 5) is 12.6. The Balaban J connectivity index is 1.85. The van der Waals surface area contributed by atoms with E-state index >= 15 is 0 Å². The summed E-state index contributed by atoms with van der Waals surface area (Å²) >= 11 is 3.04. The summed E-state index contributed by atoms with van der Waals surface area (Å²) in [7, 11) is 1.39. The zero-order valence-electron chi connectivity index (χ0n) is 13.2. The minimum atomic E-state index is -0.269. The summed E-state index contributed by atoms with van der Waals surface area (Å²) < 4.78 is 12.5. The number of esters is 1. The molecule has 0 bridgehead atoms. The number of thioether (sulfide) groups is 1. The molecule has 1 fully saturated rings. The highest BCUT2D eigenvalue weighted by molar-refractivity contribution is 7.99. The molecule has 3 heterocycles. The summed E-state index contributed by atoms with van der Waals surface area (Å²) in [6.45, 7) is 3.59. The Morgan fingerprint density at radius 1 is 1.57 bits per heavy atom. The Morgan fingerprint density at radius 3 is 3.09 bits per heavy atom. The predicted molar refractivity (Wildman–Crippen MR) is 89.8 cm³/mol.